The Morgan fingerprint density at radius 3 is 1.59 bits per heavy atom. The average molecular weight is 386 g/mol. The first-order valence-corrected chi connectivity index (χ1v) is 8.52. The minimum atomic E-state index is -1.75. The second-order valence-corrected chi connectivity index (χ2v) is 5.15. The van der Waals surface area contributed by atoms with E-state index in [2.05, 4.69) is 0 Å². The highest BCUT2D eigenvalue weighted by molar-refractivity contribution is 5.89. The van der Waals surface area contributed by atoms with E-state index >= 15 is 0 Å². The van der Waals surface area contributed by atoms with Gasteiger partial charge in [0.2, 0.25) is 0 Å². The van der Waals surface area contributed by atoms with E-state index in [1.54, 1.807) is 6.92 Å². The van der Waals surface area contributed by atoms with Crippen LogP contribution < -0.4 is 0 Å². The molecule has 0 amide bonds. The standard InChI is InChI=1S/C17H8F6.2C2H6/c1-7-2-8-4-11(19)15(17(23)14(8)10(18)3-7)9-5-12(20)16(22)13(21)6-9;2*1-2/h2-6H,1H3;2*1-2H3. The lowest BCUT2D eigenvalue weighted by Gasteiger charge is -2.11. The van der Waals surface area contributed by atoms with E-state index < -0.39 is 51.4 Å². The van der Waals surface area contributed by atoms with E-state index in [0.29, 0.717) is 17.7 Å². The molecular weight excluding hydrogens is 366 g/mol. The molecule has 0 aliphatic rings. The van der Waals surface area contributed by atoms with Gasteiger partial charge in [-0.25, -0.2) is 26.3 Å². The zero-order valence-electron chi connectivity index (χ0n) is 15.7. The fraction of sp³-hybridized carbons (Fsp3) is 0.238. The van der Waals surface area contributed by atoms with Crippen molar-refractivity contribution < 1.29 is 26.3 Å². The summed E-state index contributed by atoms with van der Waals surface area (Å²) in [6.45, 7) is 9.55. The van der Waals surface area contributed by atoms with Crippen molar-refractivity contribution in [2.24, 2.45) is 0 Å². The monoisotopic (exact) mass is 386 g/mol. The van der Waals surface area contributed by atoms with E-state index in [1.165, 1.54) is 6.07 Å². The van der Waals surface area contributed by atoms with Gasteiger partial charge in [-0.15, -0.1) is 0 Å². The Hall–Kier alpha value is -2.50. The van der Waals surface area contributed by atoms with Gasteiger partial charge in [0.05, 0.1) is 10.9 Å². The second kappa shape index (κ2) is 9.44. The topological polar surface area (TPSA) is 0 Å². The lowest BCUT2D eigenvalue weighted by molar-refractivity contribution is 0.447. The molecule has 0 radical (unpaired) electrons. The van der Waals surface area contributed by atoms with Gasteiger partial charge in [0.1, 0.15) is 17.5 Å². The van der Waals surface area contributed by atoms with Crippen molar-refractivity contribution in [3.05, 3.63) is 70.8 Å². The lowest BCUT2D eigenvalue weighted by Crippen LogP contribution is -1.98. The molecular formula is C21H20F6. The molecule has 6 heteroatoms. The summed E-state index contributed by atoms with van der Waals surface area (Å²) in [6.07, 6.45) is 0. The van der Waals surface area contributed by atoms with E-state index in [9.17, 15) is 26.3 Å². The maximum atomic E-state index is 14.6. The summed E-state index contributed by atoms with van der Waals surface area (Å²) in [5.41, 5.74) is -0.920. The van der Waals surface area contributed by atoms with Crippen molar-refractivity contribution in [1.82, 2.24) is 0 Å². The molecule has 0 unspecified atom stereocenters. The predicted octanol–water partition coefficient (Wildman–Crippen LogP) is 7.70. The van der Waals surface area contributed by atoms with Gasteiger partial charge in [-0.05, 0) is 47.7 Å². The molecule has 146 valence electrons. The Morgan fingerprint density at radius 2 is 1.07 bits per heavy atom. The van der Waals surface area contributed by atoms with Crippen LogP contribution in [0, 0.1) is 41.8 Å². The minimum absolute atomic E-state index is 0.0238. The summed E-state index contributed by atoms with van der Waals surface area (Å²) in [7, 11) is 0. The number of hydrogen-bond donors (Lipinski definition) is 0. The Labute approximate surface area is 154 Å². The molecule has 0 saturated carbocycles. The zero-order valence-corrected chi connectivity index (χ0v) is 15.7. The number of benzene rings is 3. The Morgan fingerprint density at radius 1 is 0.556 bits per heavy atom. The quantitative estimate of drug-likeness (QED) is 0.297. The van der Waals surface area contributed by atoms with Gasteiger partial charge in [0, 0.05) is 0 Å². The van der Waals surface area contributed by atoms with Crippen molar-refractivity contribution in [3.63, 3.8) is 0 Å². The van der Waals surface area contributed by atoms with Crippen molar-refractivity contribution in [3.8, 4) is 11.1 Å². The van der Waals surface area contributed by atoms with Crippen molar-refractivity contribution >= 4 is 10.8 Å². The van der Waals surface area contributed by atoms with Gasteiger partial charge in [0.25, 0.3) is 0 Å². The number of rotatable bonds is 1. The molecule has 0 nitrogen and oxygen atoms in total. The van der Waals surface area contributed by atoms with Crippen LogP contribution in [0.3, 0.4) is 0 Å². The number of hydrogen-bond acceptors (Lipinski definition) is 0. The summed E-state index contributed by atoms with van der Waals surface area (Å²) in [5, 5.41) is -0.526. The normalized spacial score (nSPS) is 10.0. The van der Waals surface area contributed by atoms with Crippen LogP contribution in [-0.4, -0.2) is 0 Å². The third-order valence-electron chi connectivity index (χ3n) is 3.50. The lowest BCUT2D eigenvalue weighted by atomic mass is 9.98. The molecule has 0 atom stereocenters. The van der Waals surface area contributed by atoms with Crippen molar-refractivity contribution in [1.29, 1.82) is 0 Å². The molecule has 0 aliphatic heterocycles. The highest BCUT2D eigenvalue weighted by Crippen LogP contribution is 2.34. The van der Waals surface area contributed by atoms with Crippen LogP contribution in [0.1, 0.15) is 33.3 Å². The fourth-order valence-corrected chi connectivity index (χ4v) is 2.52. The summed E-state index contributed by atoms with van der Waals surface area (Å²) in [6, 6.07) is 4.21. The average Bonchev–Trinajstić information content (AvgIpc) is 2.62. The van der Waals surface area contributed by atoms with E-state index in [4.69, 9.17) is 0 Å². The summed E-state index contributed by atoms with van der Waals surface area (Å²) >= 11 is 0. The van der Waals surface area contributed by atoms with E-state index in [0.717, 1.165) is 12.1 Å². The Bertz CT molecular complexity index is 924. The fourth-order valence-electron chi connectivity index (χ4n) is 2.52. The predicted molar refractivity (Wildman–Crippen MR) is 96.6 cm³/mol. The van der Waals surface area contributed by atoms with Gasteiger partial charge in [0.15, 0.2) is 17.5 Å². The van der Waals surface area contributed by atoms with Crippen LogP contribution in [0.15, 0.2) is 30.3 Å². The molecule has 3 aromatic carbocycles. The summed E-state index contributed by atoms with van der Waals surface area (Å²) < 4.78 is 82.3. The van der Waals surface area contributed by atoms with Gasteiger partial charge < -0.3 is 0 Å². The van der Waals surface area contributed by atoms with Gasteiger partial charge in [-0.3, -0.25) is 0 Å². The smallest absolute Gasteiger partial charge is 0.194 e. The zero-order chi connectivity index (χ0) is 20.9. The molecule has 0 spiro atoms. The van der Waals surface area contributed by atoms with Crippen molar-refractivity contribution in [2.45, 2.75) is 34.6 Å². The van der Waals surface area contributed by atoms with Crippen molar-refractivity contribution in [2.75, 3.05) is 0 Å². The van der Waals surface area contributed by atoms with Crippen LogP contribution in [0.4, 0.5) is 26.3 Å². The number of aryl methyl sites for hydroxylation is 1. The van der Waals surface area contributed by atoms with Crippen LogP contribution in [0.5, 0.6) is 0 Å². The molecule has 3 rings (SSSR count). The largest absolute Gasteiger partial charge is 0.206 e. The first kappa shape index (κ1) is 22.5. The molecule has 0 fully saturated rings. The number of halogens is 6. The first-order chi connectivity index (χ1) is 12.8. The van der Waals surface area contributed by atoms with E-state index in [1.807, 2.05) is 27.7 Å². The minimum Gasteiger partial charge on any atom is -0.206 e. The van der Waals surface area contributed by atoms with Crippen LogP contribution in [0.2, 0.25) is 0 Å². The van der Waals surface area contributed by atoms with Gasteiger partial charge in [-0.2, -0.15) is 0 Å². The summed E-state index contributed by atoms with van der Waals surface area (Å²) in [5.74, 6) is -8.31. The van der Waals surface area contributed by atoms with Gasteiger partial charge >= 0.3 is 0 Å². The maximum absolute atomic E-state index is 14.6. The molecule has 3 aromatic rings. The van der Waals surface area contributed by atoms with Crippen LogP contribution in [-0.2, 0) is 0 Å². The Kier molecular flexibility index (Phi) is 7.88. The molecule has 0 aliphatic carbocycles. The first-order valence-electron chi connectivity index (χ1n) is 8.52. The summed E-state index contributed by atoms with van der Waals surface area (Å²) in [4.78, 5) is 0. The SMILES string of the molecule is CC.CC.Cc1cc(F)c2c(F)c(-c3cc(F)c(F)c(F)c3)c(F)cc2c1. The second-order valence-electron chi connectivity index (χ2n) is 5.15. The molecule has 0 bridgehead atoms. The third-order valence-corrected chi connectivity index (χ3v) is 3.50. The van der Waals surface area contributed by atoms with Crippen LogP contribution >= 0.6 is 0 Å². The molecule has 27 heavy (non-hydrogen) atoms. The molecule has 0 N–H and O–H groups in total. The van der Waals surface area contributed by atoms with Crippen LogP contribution in [0.25, 0.3) is 21.9 Å². The molecule has 0 saturated heterocycles. The maximum Gasteiger partial charge on any atom is 0.194 e. The highest BCUT2D eigenvalue weighted by Gasteiger charge is 2.21. The third kappa shape index (κ3) is 4.43. The highest BCUT2D eigenvalue weighted by atomic mass is 19.2. The van der Waals surface area contributed by atoms with Gasteiger partial charge in [-0.1, -0.05) is 33.8 Å². The Balaban J connectivity index is 0.000000855. The van der Waals surface area contributed by atoms with E-state index in [-0.39, 0.29) is 5.39 Å². The molecule has 0 heterocycles. The number of fused-ring (bicyclic) bond motifs is 1. The molecule has 0 aromatic heterocycles.